The van der Waals surface area contributed by atoms with E-state index >= 15 is 0 Å². The fourth-order valence-corrected chi connectivity index (χ4v) is 1.63. The fraction of sp³-hybridized carbons (Fsp3) is 0.364. The molecule has 0 aromatic carbocycles. The van der Waals surface area contributed by atoms with Gasteiger partial charge in [-0.2, -0.15) is 0 Å². The molecular formula is C11H15ClN2O. The molecule has 0 aliphatic carbocycles. The Balaban J connectivity index is 0.00000112. The Morgan fingerprint density at radius 2 is 2.13 bits per heavy atom. The summed E-state index contributed by atoms with van der Waals surface area (Å²) < 4.78 is 2.09. The first-order chi connectivity index (χ1) is 6.92. The number of imidazole rings is 1. The lowest BCUT2D eigenvalue weighted by molar-refractivity contribution is 0.284. The van der Waals surface area contributed by atoms with E-state index in [1.54, 1.807) is 0 Å². The Morgan fingerprint density at radius 3 is 2.93 bits per heavy atom. The molecule has 82 valence electrons. The van der Waals surface area contributed by atoms with Crippen LogP contribution in [0.1, 0.15) is 18.5 Å². The molecule has 2 aromatic rings. The molecule has 15 heavy (non-hydrogen) atoms. The summed E-state index contributed by atoms with van der Waals surface area (Å²) in [6.45, 7) is 0.278. The van der Waals surface area contributed by atoms with Gasteiger partial charge in [-0.15, -0.1) is 12.4 Å². The minimum Gasteiger partial charge on any atom is -0.396 e. The van der Waals surface area contributed by atoms with Crippen molar-refractivity contribution < 1.29 is 5.11 Å². The van der Waals surface area contributed by atoms with Gasteiger partial charge < -0.3 is 9.51 Å². The van der Waals surface area contributed by atoms with Crippen molar-refractivity contribution in [2.45, 2.75) is 19.3 Å². The van der Waals surface area contributed by atoms with Gasteiger partial charge in [0.1, 0.15) is 5.65 Å². The van der Waals surface area contributed by atoms with Crippen LogP contribution in [0.5, 0.6) is 0 Å². The Morgan fingerprint density at radius 1 is 1.27 bits per heavy atom. The smallest absolute Gasteiger partial charge is 0.136 e. The van der Waals surface area contributed by atoms with E-state index in [-0.39, 0.29) is 19.0 Å². The van der Waals surface area contributed by atoms with E-state index in [9.17, 15) is 0 Å². The highest BCUT2D eigenvalue weighted by atomic mass is 35.5. The number of unbranched alkanes of at least 4 members (excludes halogenated alkanes) is 1. The van der Waals surface area contributed by atoms with Crippen molar-refractivity contribution >= 4 is 18.1 Å². The van der Waals surface area contributed by atoms with Crippen molar-refractivity contribution in [3.8, 4) is 0 Å². The second-order valence-electron chi connectivity index (χ2n) is 3.35. The summed E-state index contributed by atoms with van der Waals surface area (Å²) >= 11 is 0. The molecule has 3 nitrogen and oxygen atoms in total. The van der Waals surface area contributed by atoms with Gasteiger partial charge in [0.15, 0.2) is 0 Å². The van der Waals surface area contributed by atoms with Gasteiger partial charge in [0.2, 0.25) is 0 Å². The third kappa shape index (κ3) is 2.70. The maximum absolute atomic E-state index is 8.70. The van der Waals surface area contributed by atoms with Crippen molar-refractivity contribution in [2.75, 3.05) is 6.61 Å². The zero-order chi connectivity index (χ0) is 9.80. The first-order valence-corrected chi connectivity index (χ1v) is 4.93. The minimum absolute atomic E-state index is 0. The van der Waals surface area contributed by atoms with Gasteiger partial charge in [-0.3, -0.25) is 0 Å². The van der Waals surface area contributed by atoms with E-state index in [1.165, 1.54) is 5.69 Å². The molecule has 0 fully saturated rings. The van der Waals surface area contributed by atoms with Crippen molar-refractivity contribution in [3.63, 3.8) is 0 Å². The highest BCUT2D eigenvalue weighted by Crippen LogP contribution is 2.08. The van der Waals surface area contributed by atoms with Gasteiger partial charge in [0, 0.05) is 24.7 Å². The SMILES string of the molecule is Cl.OCCCCc1cccc2nccn12. The summed E-state index contributed by atoms with van der Waals surface area (Å²) in [5, 5.41) is 8.70. The van der Waals surface area contributed by atoms with Crippen LogP contribution in [0.2, 0.25) is 0 Å². The van der Waals surface area contributed by atoms with Crippen LogP contribution in [0.25, 0.3) is 5.65 Å². The molecule has 0 aliphatic rings. The third-order valence-corrected chi connectivity index (χ3v) is 2.35. The number of fused-ring (bicyclic) bond motifs is 1. The number of aliphatic hydroxyl groups excluding tert-OH is 1. The van der Waals surface area contributed by atoms with Gasteiger partial charge in [-0.05, 0) is 31.4 Å². The number of aliphatic hydroxyl groups is 1. The fourth-order valence-electron chi connectivity index (χ4n) is 1.63. The molecule has 2 aromatic heterocycles. The number of rotatable bonds is 4. The molecule has 0 atom stereocenters. The minimum atomic E-state index is 0. The average molecular weight is 227 g/mol. The monoisotopic (exact) mass is 226 g/mol. The Kier molecular flexibility index (Phi) is 4.59. The first kappa shape index (κ1) is 12.0. The molecule has 4 heteroatoms. The molecule has 0 saturated carbocycles. The summed E-state index contributed by atoms with van der Waals surface area (Å²) in [6.07, 6.45) is 6.67. The largest absolute Gasteiger partial charge is 0.396 e. The molecule has 0 amide bonds. The van der Waals surface area contributed by atoms with E-state index < -0.39 is 0 Å². The Bertz CT molecular complexity index is 414. The highest BCUT2D eigenvalue weighted by Gasteiger charge is 1.99. The van der Waals surface area contributed by atoms with Gasteiger partial charge in [-0.25, -0.2) is 4.98 Å². The number of aryl methyl sites for hydroxylation is 1. The van der Waals surface area contributed by atoms with Crippen molar-refractivity contribution in [1.82, 2.24) is 9.38 Å². The highest BCUT2D eigenvalue weighted by molar-refractivity contribution is 5.85. The second-order valence-corrected chi connectivity index (χ2v) is 3.35. The lowest BCUT2D eigenvalue weighted by atomic mass is 10.2. The summed E-state index contributed by atoms with van der Waals surface area (Å²) in [7, 11) is 0. The molecule has 2 heterocycles. The lowest BCUT2D eigenvalue weighted by Crippen LogP contribution is -1.96. The second kappa shape index (κ2) is 5.73. The molecular weight excluding hydrogens is 212 g/mol. The standard InChI is InChI=1S/C11H14N2O.ClH/c14-9-2-1-4-10-5-3-6-11-12-7-8-13(10)11;/h3,5-8,14H,1-2,4,9H2;1H. The number of hydrogen-bond donors (Lipinski definition) is 1. The van der Waals surface area contributed by atoms with E-state index in [0.29, 0.717) is 0 Å². The maximum atomic E-state index is 8.70. The van der Waals surface area contributed by atoms with Gasteiger partial charge in [0.25, 0.3) is 0 Å². The van der Waals surface area contributed by atoms with Crippen LogP contribution in [0.15, 0.2) is 30.6 Å². The number of hydrogen-bond acceptors (Lipinski definition) is 2. The van der Waals surface area contributed by atoms with Gasteiger partial charge in [0.05, 0.1) is 0 Å². The van der Waals surface area contributed by atoms with Crippen LogP contribution in [-0.2, 0) is 6.42 Å². The summed E-state index contributed by atoms with van der Waals surface area (Å²) in [4.78, 5) is 4.22. The molecule has 0 unspecified atom stereocenters. The van der Waals surface area contributed by atoms with Crippen molar-refractivity contribution in [1.29, 1.82) is 0 Å². The topological polar surface area (TPSA) is 37.5 Å². The molecule has 2 rings (SSSR count). The predicted octanol–water partition coefficient (Wildman–Crippen LogP) is 2.07. The Hall–Kier alpha value is -1.06. The van der Waals surface area contributed by atoms with Crippen LogP contribution in [0.4, 0.5) is 0 Å². The molecule has 0 aliphatic heterocycles. The van der Waals surface area contributed by atoms with Crippen LogP contribution in [-0.4, -0.2) is 21.1 Å². The van der Waals surface area contributed by atoms with E-state index in [0.717, 1.165) is 24.9 Å². The first-order valence-electron chi connectivity index (χ1n) is 4.93. The normalized spacial score (nSPS) is 10.2. The zero-order valence-corrected chi connectivity index (χ0v) is 9.28. The number of aromatic nitrogens is 2. The van der Waals surface area contributed by atoms with E-state index in [1.807, 2.05) is 24.5 Å². The maximum Gasteiger partial charge on any atom is 0.136 e. The van der Waals surface area contributed by atoms with Gasteiger partial charge in [-0.1, -0.05) is 6.07 Å². The van der Waals surface area contributed by atoms with E-state index in [4.69, 9.17) is 5.11 Å². The van der Waals surface area contributed by atoms with Crippen LogP contribution in [0.3, 0.4) is 0 Å². The molecule has 0 saturated heterocycles. The van der Waals surface area contributed by atoms with Crippen LogP contribution in [0, 0.1) is 0 Å². The molecule has 1 N–H and O–H groups in total. The summed E-state index contributed by atoms with van der Waals surface area (Å²) in [5.74, 6) is 0. The van der Waals surface area contributed by atoms with Crippen molar-refractivity contribution in [2.24, 2.45) is 0 Å². The lowest BCUT2D eigenvalue weighted by Gasteiger charge is -2.03. The van der Waals surface area contributed by atoms with E-state index in [2.05, 4.69) is 15.5 Å². The summed E-state index contributed by atoms with van der Waals surface area (Å²) in [6, 6.07) is 6.12. The molecule has 0 radical (unpaired) electrons. The zero-order valence-electron chi connectivity index (χ0n) is 8.47. The molecule has 0 spiro atoms. The van der Waals surface area contributed by atoms with Crippen LogP contribution >= 0.6 is 12.4 Å². The summed E-state index contributed by atoms with van der Waals surface area (Å²) in [5.41, 5.74) is 2.25. The van der Waals surface area contributed by atoms with Crippen molar-refractivity contribution in [3.05, 3.63) is 36.3 Å². The predicted molar refractivity (Wildman–Crippen MR) is 62.5 cm³/mol. The average Bonchev–Trinajstić information content (AvgIpc) is 2.67. The van der Waals surface area contributed by atoms with Crippen LogP contribution < -0.4 is 0 Å². The Labute approximate surface area is 95.2 Å². The number of nitrogens with zero attached hydrogens (tertiary/aromatic N) is 2. The quantitative estimate of drug-likeness (QED) is 0.811. The molecule has 0 bridgehead atoms. The number of pyridine rings is 1. The van der Waals surface area contributed by atoms with Gasteiger partial charge >= 0.3 is 0 Å². The number of halogens is 1. The third-order valence-electron chi connectivity index (χ3n) is 2.35.